The maximum atomic E-state index is 4.68. The molecule has 2 aromatic rings. The van der Waals surface area contributed by atoms with Crippen molar-refractivity contribution in [3.63, 3.8) is 0 Å². The third-order valence-electron chi connectivity index (χ3n) is 2.62. The van der Waals surface area contributed by atoms with Gasteiger partial charge in [-0.15, -0.1) is 11.3 Å². The number of nitrogens with one attached hydrogen (secondary N) is 1. The summed E-state index contributed by atoms with van der Waals surface area (Å²) in [6, 6.07) is 2.03. The van der Waals surface area contributed by atoms with Crippen LogP contribution in [-0.2, 0) is 6.42 Å². The highest BCUT2D eigenvalue weighted by Crippen LogP contribution is 2.33. The van der Waals surface area contributed by atoms with Crippen molar-refractivity contribution in [1.82, 2.24) is 9.97 Å². The molecule has 0 spiro atoms. The van der Waals surface area contributed by atoms with Crippen molar-refractivity contribution in [3.8, 4) is 10.7 Å². The molecule has 0 bridgehead atoms. The SMILES string of the molecule is CCCNc1nc(-c2sccc2Br)nc(CC)c1I. The van der Waals surface area contributed by atoms with Crippen LogP contribution in [0.15, 0.2) is 15.9 Å². The number of thiophene rings is 1. The average Bonchev–Trinajstić information content (AvgIpc) is 2.84. The average molecular weight is 452 g/mol. The van der Waals surface area contributed by atoms with Gasteiger partial charge in [-0.25, -0.2) is 9.97 Å². The first-order valence-corrected chi connectivity index (χ1v) is 8.96. The third-order valence-corrected chi connectivity index (χ3v) is 5.58. The molecule has 2 rings (SSSR count). The number of hydrogen-bond acceptors (Lipinski definition) is 4. The normalized spacial score (nSPS) is 10.7. The van der Waals surface area contributed by atoms with Crippen LogP contribution in [0.3, 0.4) is 0 Å². The monoisotopic (exact) mass is 451 g/mol. The molecule has 3 nitrogen and oxygen atoms in total. The van der Waals surface area contributed by atoms with Crippen LogP contribution in [0.1, 0.15) is 26.0 Å². The third kappa shape index (κ3) is 3.46. The minimum atomic E-state index is 0.803. The van der Waals surface area contributed by atoms with Gasteiger partial charge in [-0.3, -0.25) is 0 Å². The molecule has 19 heavy (non-hydrogen) atoms. The van der Waals surface area contributed by atoms with Gasteiger partial charge >= 0.3 is 0 Å². The van der Waals surface area contributed by atoms with E-state index in [9.17, 15) is 0 Å². The summed E-state index contributed by atoms with van der Waals surface area (Å²) >= 11 is 7.54. The molecule has 0 saturated heterocycles. The molecule has 0 amide bonds. The molecule has 0 radical (unpaired) electrons. The van der Waals surface area contributed by atoms with Gasteiger partial charge < -0.3 is 5.32 Å². The van der Waals surface area contributed by atoms with E-state index >= 15 is 0 Å². The predicted octanol–water partition coefficient (Wildman–Crippen LogP) is 4.96. The number of aromatic nitrogens is 2. The summed E-state index contributed by atoms with van der Waals surface area (Å²) in [4.78, 5) is 10.4. The Morgan fingerprint density at radius 1 is 1.37 bits per heavy atom. The molecular weight excluding hydrogens is 437 g/mol. The molecule has 2 heterocycles. The van der Waals surface area contributed by atoms with Gasteiger partial charge in [0.2, 0.25) is 0 Å². The molecule has 0 atom stereocenters. The summed E-state index contributed by atoms with van der Waals surface area (Å²) in [5.41, 5.74) is 1.10. The fourth-order valence-electron chi connectivity index (χ4n) is 1.64. The van der Waals surface area contributed by atoms with E-state index < -0.39 is 0 Å². The predicted molar refractivity (Wildman–Crippen MR) is 93.9 cm³/mol. The van der Waals surface area contributed by atoms with Crippen molar-refractivity contribution in [3.05, 3.63) is 25.2 Å². The van der Waals surface area contributed by atoms with Crippen LogP contribution in [0.4, 0.5) is 5.82 Å². The molecular formula is C13H15BrIN3S. The summed E-state index contributed by atoms with van der Waals surface area (Å²) in [5.74, 6) is 1.75. The lowest BCUT2D eigenvalue weighted by molar-refractivity contribution is 0.944. The van der Waals surface area contributed by atoms with Crippen molar-refractivity contribution in [2.24, 2.45) is 0 Å². The van der Waals surface area contributed by atoms with E-state index in [1.54, 1.807) is 11.3 Å². The van der Waals surface area contributed by atoms with Crippen molar-refractivity contribution in [2.45, 2.75) is 26.7 Å². The Kier molecular flexibility index (Phi) is 5.58. The smallest absolute Gasteiger partial charge is 0.173 e. The second-order valence-electron chi connectivity index (χ2n) is 4.03. The maximum Gasteiger partial charge on any atom is 0.173 e. The standard InChI is InChI=1S/C13H15BrIN3S/c1-3-6-16-12-10(15)9(4-2)17-13(18-12)11-8(14)5-7-19-11/h5,7H,3-4,6H2,1-2H3,(H,16,17,18). The molecule has 2 aromatic heterocycles. The Morgan fingerprint density at radius 3 is 2.74 bits per heavy atom. The highest BCUT2D eigenvalue weighted by Gasteiger charge is 2.14. The van der Waals surface area contributed by atoms with Gasteiger partial charge in [-0.05, 0) is 62.8 Å². The largest absolute Gasteiger partial charge is 0.369 e. The number of hydrogen-bond donors (Lipinski definition) is 1. The first kappa shape index (κ1) is 15.2. The number of rotatable bonds is 5. The number of halogens is 2. The fraction of sp³-hybridized carbons (Fsp3) is 0.385. The van der Waals surface area contributed by atoms with E-state index in [1.807, 2.05) is 11.4 Å². The summed E-state index contributed by atoms with van der Waals surface area (Å²) < 4.78 is 2.19. The lowest BCUT2D eigenvalue weighted by Crippen LogP contribution is -2.08. The molecule has 0 fully saturated rings. The number of nitrogens with zero attached hydrogens (tertiary/aromatic N) is 2. The molecule has 0 unspecified atom stereocenters. The summed E-state index contributed by atoms with van der Waals surface area (Å²) in [6.45, 7) is 5.21. The Bertz CT molecular complexity index is 571. The summed E-state index contributed by atoms with van der Waals surface area (Å²) in [7, 11) is 0. The lowest BCUT2D eigenvalue weighted by atomic mass is 10.3. The van der Waals surface area contributed by atoms with Crippen molar-refractivity contribution in [2.75, 3.05) is 11.9 Å². The zero-order valence-electron chi connectivity index (χ0n) is 10.8. The molecule has 0 saturated carbocycles. The van der Waals surface area contributed by atoms with E-state index in [1.165, 1.54) is 0 Å². The van der Waals surface area contributed by atoms with Gasteiger partial charge in [0.05, 0.1) is 14.1 Å². The Morgan fingerprint density at radius 2 is 2.16 bits per heavy atom. The molecule has 6 heteroatoms. The van der Waals surface area contributed by atoms with Crippen LogP contribution in [0.5, 0.6) is 0 Å². The van der Waals surface area contributed by atoms with Gasteiger partial charge in [0, 0.05) is 11.0 Å². The topological polar surface area (TPSA) is 37.8 Å². The summed E-state index contributed by atoms with van der Waals surface area (Å²) in [6.07, 6.45) is 2.00. The zero-order valence-corrected chi connectivity index (χ0v) is 15.4. The minimum Gasteiger partial charge on any atom is -0.369 e. The van der Waals surface area contributed by atoms with E-state index in [2.05, 4.69) is 67.7 Å². The van der Waals surface area contributed by atoms with Crippen molar-refractivity contribution < 1.29 is 0 Å². The molecule has 0 aliphatic carbocycles. The van der Waals surface area contributed by atoms with E-state index in [4.69, 9.17) is 0 Å². The zero-order chi connectivity index (χ0) is 13.8. The van der Waals surface area contributed by atoms with Crippen LogP contribution in [0.2, 0.25) is 0 Å². The van der Waals surface area contributed by atoms with E-state index in [-0.39, 0.29) is 0 Å². The van der Waals surface area contributed by atoms with Crippen LogP contribution < -0.4 is 5.32 Å². The first-order valence-electron chi connectivity index (χ1n) is 6.21. The Balaban J connectivity index is 2.47. The molecule has 1 N–H and O–H groups in total. The lowest BCUT2D eigenvalue weighted by Gasteiger charge is -2.11. The number of aryl methyl sites for hydroxylation is 1. The maximum absolute atomic E-state index is 4.68. The van der Waals surface area contributed by atoms with Gasteiger partial charge in [0.15, 0.2) is 5.82 Å². The van der Waals surface area contributed by atoms with Gasteiger partial charge in [0.25, 0.3) is 0 Å². The number of anilines is 1. The van der Waals surface area contributed by atoms with Crippen LogP contribution >= 0.6 is 49.9 Å². The molecule has 0 aliphatic rings. The highest BCUT2D eigenvalue weighted by molar-refractivity contribution is 14.1. The molecule has 102 valence electrons. The minimum absolute atomic E-state index is 0.803. The highest BCUT2D eigenvalue weighted by atomic mass is 127. The van der Waals surface area contributed by atoms with Crippen LogP contribution in [0.25, 0.3) is 10.7 Å². The van der Waals surface area contributed by atoms with Gasteiger partial charge in [-0.1, -0.05) is 13.8 Å². The van der Waals surface area contributed by atoms with Crippen molar-refractivity contribution in [1.29, 1.82) is 0 Å². The van der Waals surface area contributed by atoms with Crippen LogP contribution in [-0.4, -0.2) is 16.5 Å². The van der Waals surface area contributed by atoms with Crippen molar-refractivity contribution >= 4 is 55.7 Å². The Labute approximate surface area is 139 Å². The summed E-state index contributed by atoms with van der Waals surface area (Å²) in [5, 5.41) is 5.44. The van der Waals surface area contributed by atoms with E-state index in [0.29, 0.717) is 0 Å². The fourth-order valence-corrected chi connectivity index (χ4v) is 3.94. The quantitative estimate of drug-likeness (QED) is 0.653. The molecule has 0 aliphatic heterocycles. The first-order chi connectivity index (χ1) is 9.17. The second kappa shape index (κ2) is 6.99. The molecule has 0 aromatic carbocycles. The van der Waals surface area contributed by atoms with Crippen LogP contribution in [0, 0.1) is 3.57 Å². The Hall–Kier alpha value is -0.210. The van der Waals surface area contributed by atoms with E-state index in [0.717, 1.165) is 49.6 Å². The van der Waals surface area contributed by atoms with Gasteiger partial charge in [-0.2, -0.15) is 0 Å². The second-order valence-corrected chi connectivity index (χ2v) is 6.88. The van der Waals surface area contributed by atoms with Gasteiger partial charge in [0.1, 0.15) is 5.82 Å².